The maximum absolute atomic E-state index is 13.1. The van der Waals surface area contributed by atoms with Crippen molar-refractivity contribution in [2.75, 3.05) is 35.8 Å². The molecule has 4 rings (SSSR count). The van der Waals surface area contributed by atoms with Gasteiger partial charge in [0, 0.05) is 24.2 Å². The highest BCUT2D eigenvalue weighted by Gasteiger charge is 2.35. The highest BCUT2D eigenvalue weighted by molar-refractivity contribution is 7.20. The Morgan fingerprint density at radius 3 is 2.53 bits per heavy atom. The molecule has 10 heteroatoms. The van der Waals surface area contributed by atoms with Gasteiger partial charge in [0.2, 0.25) is 11.8 Å². The molecule has 2 N–H and O–H groups in total. The lowest BCUT2D eigenvalue weighted by Crippen LogP contribution is -2.28. The molecule has 0 aliphatic carbocycles. The summed E-state index contributed by atoms with van der Waals surface area (Å²) < 4.78 is 10.1. The zero-order chi connectivity index (χ0) is 24.1. The van der Waals surface area contributed by atoms with Crippen molar-refractivity contribution in [2.45, 2.75) is 13.3 Å². The number of ether oxygens (including phenoxy) is 2. The molecule has 9 nitrogen and oxygen atoms in total. The molecule has 0 spiro atoms. The fourth-order valence-electron chi connectivity index (χ4n) is 3.62. The van der Waals surface area contributed by atoms with Crippen LogP contribution in [0.25, 0.3) is 11.3 Å². The van der Waals surface area contributed by atoms with Crippen molar-refractivity contribution in [2.24, 2.45) is 5.92 Å². The number of nitrogens with one attached hydrogen (secondary N) is 2. The van der Waals surface area contributed by atoms with Crippen LogP contribution in [0.4, 0.5) is 20.6 Å². The summed E-state index contributed by atoms with van der Waals surface area (Å²) in [5, 5.41) is 6.22. The Hall–Kier alpha value is -3.92. The van der Waals surface area contributed by atoms with Crippen LogP contribution >= 0.6 is 11.3 Å². The largest absolute Gasteiger partial charge is 0.494 e. The fourth-order valence-corrected chi connectivity index (χ4v) is 4.50. The van der Waals surface area contributed by atoms with Crippen molar-refractivity contribution in [3.63, 3.8) is 0 Å². The maximum atomic E-state index is 13.1. The van der Waals surface area contributed by atoms with Gasteiger partial charge in [-0.2, -0.15) is 0 Å². The summed E-state index contributed by atoms with van der Waals surface area (Å²) in [5.41, 5.74) is 2.03. The van der Waals surface area contributed by atoms with E-state index in [9.17, 15) is 14.4 Å². The van der Waals surface area contributed by atoms with Gasteiger partial charge in [0.25, 0.3) is 0 Å². The molecular formula is C24H24N4O5S. The summed E-state index contributed by atoms with van der Waals surface area (Å²) in [6, 6.07) is 16.5. The molecule has 3 aromatic rings. The van der Waals surface area contributed by atoms with Gasteiger partial charge in [-0.3, -0.25) is 14.9 Å². The van der Waals surface area contributed by atoms with Crippen LogP contribution < -0.4 is 20.3 Å². The van der Waals surface area contributed by atoms with E-state index >= 15 is 0 Å². The molecule has 1 aliphatic rings. The van der Waals surface area contributed by atoms with E-state index in [1.54, 1.807) is 17.0 Å². The minimum Gasteiger partial charge on any atom is -0.494 e. The lowest BCUT2D eigenvalue weighted by Gasteiger charge is -2.17. The molecule has 1 atom stereocenters. The van der Waals surface area contributed by atoms with E-state index in [-0.39, 0.29) is 24.8 Å². The smallest absolute Gasteiger partial charge is 0.413 e. The quantitative estimate of drug-likeness (QED) is 0.519. The molecule has 34 heavy (non-hydrogen) atoms. The number of hydrogen-bond acceptors (Lipinski definition) is 7. The Labute approximate surface area is 200 Å². The number of carbonyl (C=O) groups is 3. The van der Waals surface area contributed by atoms with E-state index in [0.717, 1.165) is 28.3 Å². The second-order valence-corrected chi connectivity index (χ2v) is 8.50. The van der Waals surface area contributed by atoms with Crippen LogP contribution in [0.1, 0.15) is 13.3 Å². The average molecular weight is 481 g/mol. The first kappa shape index (κ1) is 23.2. The Kier molecular flexibility index (Phi) is 7.07. The van der Waals surface area contributed by atoms with E-state index in [1.807, 2.05) is 49.4 Å². The number of anilines is 3. The number of methoxy groups -OCH3 is 1. The highest BCUT2D eigenvalue weighted by Crippen LogP contribution is 2.37. The van der Waals surface area contributed by atoms with Gasteiger partial charge in [0.1, 0.15) is 16.4 Å². The molecule has 0 saturated carbocycles. The minimum absolute atomic E-state index is 0.103. The lowest BCUT2D eigenvalue weighted by atomic mass is 10.1. The summed E-state index contributed by atoms with van der Waals surface area (Å²) in [5.74, 6) is -0.207. The number of amides is 3. The van der Waals surface area contributed by atoms with Gasteiger partial charge in [-0.15, -0.1) is 0 Å². The zero-order valence-corrected chi connectivity index (χ0v) is 19.6. The summed E-state index contributed by atoms with van der Waals surface area (Å²) >= 11 is 1.12. The second-order valence-electron chi connectivity index (χ2n) is 7.50. The van der Waals surface area contributed by atoms with E-state index in [0.29, 0.717) is 22.4 Å². The molecule has 1 saturated heterocycles. The third-order valence-electron chi connectivity index (χ3n) is 5.26. The van der Waals surface area contributed by atoms with Crippen LogP contribution in [0.15, 0.2) is 54.6 Å². The molecule has 2 heterocycles. The number of nitrogens with zero attached hydrogens (tertiary/aromatic N) is 2. The average Bonchev–Trinajstić information content (AvgIpc) is 3.43. The number of benzene rings is 2. The van der Waals surface area contributed by atoms with Crippen molar-refractivity contribution in [3.8, 4) is 17.0 Å². The Morgan fingerprint density at radius 1 is 1.12 bits per heavy atom. The molecule has 0 radical (unpaired) electrons. The van der Waals surface area contributed by atoms with Gasteiger partial charge in [-0.05, 0) is 31.2 Å². The van der Waals surface area contributed by atoms with Gasteiger partial charge in [-0.1, -0.05) is 41.7 Å². The van der Waals surface area contributed by atoms with Crippen LogP contribution in [0, 0.1) is 5.92 Å². The standard InChI is InChI=1S/C24H24N4O5S/c1-3-33-18-11-9-17(10-12-18)28-14-16(13-19(28)29)21(30)26-22-20(15-7-5-4-6-8-15)25-23(34-22)27-24(31)32-2/h4-12,16H,3,13-14H2,1-2H3,(H,26,30)(H,25,27,31). The number of aromatic nitrogens is 1. The van der Waals surface area contributed by atoms with Gasteiger partial charge in [-0.25, -0.2) is 9.78 Å². The van der Waals surface area contributed by atoms with Gasteiger partial charge < -0.3 is 19.7 Å². The number of hydrogen-bond donors (Lipinski definition) is 2. The van der Waals surface area contributed by atoms with E-state index in [2.05, 4.69) is 20.4 Å². The topological polar surface area (TPSA) is 110 Å². The van der Waals surface area contributed by atoms with Crippen molar-refractivity contribution in [1.82, 2.24) is 4.98 Å². The molecule has 176 valence electrons. The van der Waals surface area contributed by atoms with Crippen molar-refractivity contribution < 1.29 is 23.9 Å². The van der Waals surface area contributed by atoms with E-state index < -0.39 is 12.0 Å². The molecular weight excluding hydrogens is 456 g/mol. The van der Waals surface area contributed by atoms with E-state index in [1.165, 1.54) is 7.11 Å². The van der Waals surface area contributed by atoms with Crippen LogP contribution in [-0.2, 0) is 14.3 Å². The molecule has 1 unspecified atom stereocenters. The monoisotopic (exact) mass is 480 g/mol. The Morgan fingerprint density at radius 2 is 1.85 bits per heavy atom. The molecule has 1 aromatic heterocycles. The van der Waals surface area contributed by atoms with Crippen LogP contribution in [0.5, 0.6) is 5.75 Å². The number of rotatable bonds is 7. The van der Waals surface area contributed by atoms with Crippen LogP contribution in [-0.4, -0.2) is 43.2 Å². The van der Waals surface area contributed by atoms with Gasteiger partial charge >= 0.3 is 6.09 Å². The molecule has 3 amide bonds. The summed E-state index contributed by atoms with van der Waals surface area (Å²) in [4.78, 5) is 43.4. The maximum Gasteiger partial charge on any atom is 0.413 e. The Balaban J connectivity index is 1.51. The number of thiazole rings is 1. The minimum atomic E-state index is -0.654. The lowest BCUT2D eigenvalue weighted by molar-refractivity contribution is -0.122. The summed E-state index contributed by atoms with van der Waals surface area (Å²) in [6.07, 6.45) is -0.551. The third kappa shape index (κ3) is 5.18. The van der Waals surface area contributed by atoms with Crippen molar-refractivity contribution in [3.05, 3.63) is 54.6 Å². The first-order chi connectivity index (χ1) is 16.5. The summed E-state index contributed by atoms with van der Waals surface area (Å²) in [6.45, 7) is 2.73. The van der Waals surface area contributed by atoms with Crippen molar-refractivity contribution >= 4 is 45.1 Å². The fraction of sp³-hybridized carbons (Fsp3) is 0.250. The van der Waals surface area contributed by atoms with Crippen LogP contribution in [0.3, 0.4) is 0 Å². The predicted octanol–water partition coefficient (Wildman–Crippen LogP) is 4.38. The third-order valence-corrected chi connectivity index (χ3v) is 6.15. The predicted molar refractivity (Wildman–Crippen MR) is 130 cm³/mol. The Bertz CT molecular complexity index is 1180. The van der Waals surface area contributed by atoms with Gasteiger partial charge in [0.05, 0.1) is 19.6 Å². The van der Waals surface area contributed by atoms with Gasteiger partial charge in [0.15, 0.2) is 5.13 Å². The molecule has 1 fully saturated rings. The highest BCUT2D eigenvalue weighted by atomic mass is 32.1. The first-order valence-corrected chi connectivity index (χ1v) is 11.6. The van der Waals surface area contributed by atoms with Crippen LogP contribution in [0.2, 0.25) is 0 Å². The molecule has 1 aliphatic heterocycles. The zero-order valence-electron chi connectivity index (χ0n) is 18.7. The second kappa shape index (κ2) is 10.3. The number of carbonyl (C=O) groups excluding carboxylic acids is 3. The van der Waals surface area contributed by atoms with Crippen molar-refractivity contribution in [1.29, 1.82) is 0 Å². The molecule has 2 aromatic carbocycles. The first-order valence-electron chi connectivity index (χ1n) is 10.7. The SMILES string of the molecule is CCOc1ccc(N2CC(C(=O)Nc3sc(NC(=O)OC)nc3-c3ccccc3)CC2=O)cc1. The summed E-state index contributed by atoms with van der Waals surface area (Å²) in [7, 11) is 1.26. The normalized spacial score (nSPS) is 15.2. The molecule has 0 bridgehead atoms. The van der Waals surface area contributed by atoms with E-state index in [4.69, 9.17) is 4.74 Å².